The summed E-state index contributed by atoms with van der Waals surface area (Å²) in [7, 11) is 0. The van der Waals surface area contributed by atoms with Crippen molar-refractivity contribution in [1.82, 2.24) is 5.32 Å². The highest BCUT2D eigenvalue weighted by molar-refractivity contribution is 7.12. The standard InChI is InChI=1S/C14H21NOS/c1-11-5-6-13(17-11)12-9-15-10-14(16-12)7-3-2-4-8-14/h5-6,12,15H,2-4,7-10H2,1H3. The normalized spacial score (nSPS) is 28.4. The zero-order chi connectivity index (χ0) is 11.7. The molecule has 94 valence electrons. The van der Waals surface area contributed by atoms with Gasteiger partial charge in [0, 0.05) is 22.8 Å². The molecular formula is C14H21NOS. The Hall–Kier alpha value is -0.380. The van der Waals surface area contributed by atoms with Crippen LogP contribution in [-0.2, 0) is 4.74 Å². The van der Waals surface area contributed by atoms with E-state index in [-0.39, 0.29) is 11.7 Å². The fourth-order valence-corrected chi connectivity index (χ4v) is 4.00. The summed E-state index contributed by atoms with van der Waals surface area (Å²) < 4.78 is 6.46. The number of hydrogen-bond donors (Lipinski definition) is 1. The minimum atomic E-state index is 0.138. The lowest BCUT2D eigenvalue weighted by Crippen LogP contribution is -2.51. The summed E-state index contributed by atoms with van der Waals surface area (Å²) in [6.45, 7) is 4.19. The molecule has 17 heavy (non-hydrogen) atoms. The van der Waals surface area contributed by atoms with E-state index in [4.69, 9.17) is 4.74 Å². The van der Waals surface area contributed by atoms with Crippen LogP contribution < -0.4 is 5.32 Å². The first kappa shape index (κ1) is 11.7. The van der Waals surface area contributed by atoms with Gasteiger partial charge in [0.25, 0.3) is 0 Å². The molecule has 0 aromatic carbocycles. The van der Waals surface area contributed by atoms with E-state index >= 15 is 0 Å². The summed E-state index contributed by atoms with van der Waals surface area (Å²) in [5.74, 6) is 0. The Morgan fingerprint density at radius 1 is 1.29 bits per heavy atom. The molecule has 0 bridgehead atoms. The van der Waals surface area contributed by atoms with E-state index in [9.17, 15) is 0 Å². The molecule has 1 aliphatic heterocycles. The zero-order valence-corrected chi connectivity index (χ0v) is 11.3. The SMILES string of the molecule is Cc1ccc(C2CNCC3(CCCCC3)O2)s1. The second kappa shape index (κ2) is 4.71. The Labute approximate surface area is 107 Å². The predicted octanol–water partition coefficient (Wildman–Crippen LogP) is 3.42. The predicted molar refractivity (Wildman–Crippen MR) is 71.6 cm³/mol. The summed E-state index contributed by atoms with van der Waals surface area (Å²) in [6.07, 6.45) is 6.80. The fourth-order valence-electron chi connectivity index (χ4n) is 3.09. The van der Waals surface area contributed by atoms with Gasteiger partial charge in [-0.25, -0.2) is 0 Å². The van der Waals surface area contributed by atoms with Gasteiger partial charge in [-0.05, 0) is 31.9 Å². The second-order valence-electron chi connectivity index (χ2n) is 5.43. The van der Waals surface area contributed by atoms with E-state index in [0.29, 0.717) is 0 Å². The highest BCUT2D eigenvalue weighted by Gasteiger charge is 2.38. The summed E-state index contributed by atoms with van der Waals surface area (Å²) >= 11 is 1.88. The topological polar surface area (TPSA) is 21.3 Å². The van der Waals surface area contributed by atoms with Crippen molar-refractivity contribution in [2.24, 2.45) is 0 Å². The van der Waals surface area contributed by atoms with Crippen LogP contribution in [-0.4, -0.2) is 18.7 Å². The summed E-state index contributed by atoms with van der Waals surface area (Å²) in [5.41, 5.74) is 0.138. The number of ether oxygens (including phenoxy) is 1. The Bertz CT molecular complexity index is 376. The van der Waals surface area contributed by atoms with Gasteiger partial charge in [0.05, 0.1) is 5.60 Å². The van der Waals surface area contributed by atoms with Gasteiger partial charge in [0.15, 0.2) is 0 Å². The number of morpholine rings is 1. The van der Waals surface area contributed by atoms with Gasteiger partial charge in [0.1, 0.15) is 6.10 Å². The number of hydrogen-bond acceptors (Lipinski definition) is 3. The van der Waals surface area contributed by atoms with Crippen LogP contribution in [0.4, 0.5) is 0 Å². The van der Waals surface area contributed by atoms with Gasteiger partial charge in [-0.3, -0.25) is 0 Å². The quantitative estimate of drug-likeness (QED) is 0.826. The minimum absolute atomic E-state index is 0.138. The first-order valence-electron chi connectivity index (χ1n) is 6.72. The van der Waals surface area contributed by atoms with Gasteiger partial charge in [-0.2, -0.15) is 0 Å². The van der Waals surface area contributed by atoms with Gasteiger partial charge >= 0.3 is 0 Å². The number of nitrogens with one attached hydrogen (secondary N) is 1. The molecule has 1 N–H and O–H groups in total. The number of thiophene rings is 1. The molecule has 1 spiro atoms. The van der Waals surface area contributed by atoms with Crippen LogP contribution >= 0.6 is 11.3 Å². The molecule has 2 aliphatic rings. The van der Waals surface area contributed by atoms with E-state index in [1.54, 1.807) is 0 Å². The third kappa shape index (κ3) is 2.42. The third-order valence-electron chi connectivity index (χ3n) is 4.01. The monoisotopic (exact) mass is 251 g/mol. The van der Waals surface area contributed by atoms with Crippen molar-refractivity contribution in [3.63, 3.8) is 0 Å². The molecule has 2 heterocycles. The number of aryl methyl sites for hydroxylation is 1. The van der Waals surface area contributed by atoms with Gasteiger partial charge in [-0.1, -0.05) is 19.3 Å². The van der Waals surface area contributed by atoms with E-state index in [0.717, 1.165) is 13.1 Å². The summed E-state index contributed by atoms with van der Waals surface area (Å²) in [6, 6.07) is 4.43. The zero-order valence-electron chi connectivity index (χ0n) is 10.5. The van der Waals surface area contributed by atoms with Crippen molar-refractivity contribution in [3.8, 4) is 0 Å². The first-order valence-corrected chi connectivity index (χ1v) is 7.54. The van der Waals surface area contributed by atoms with Gasteiger partial charge in [0.2, 0.25) is 0 Å². The fraction of sp³-hybridized carbons (Fsp3) is 0.714. The third-order valence-corrected chi connectivity index (χ3v) is 5.11. The second-order valence-corrected chi connectivity index (χ2v) is 6.75. The van der Waals surface area contributed by atoms with Crippen LogP contribution in [0.3, 0.4) is 0 Å². The van der Waals surface area contributed by atoms with Crippen LogP contribution in [0.2, 0.25) is 0 Å². The Morgan fingerprint density at radius 3 is 2.82 bits per heavy atom. The highest BCUT2D eigenvalue weighted by Crippen LogP contribution is 2.39. The lowest BCUT2D eigenvalue weighted by molar-refractivity contribution is -0.134. The maximum absolute atomic E-state index is 6.46. The smallest absolute Gasteiger partial charge is 0.105 e. The van der Waals surface area contributed by atoms with Crippen molar-refractivity contribution in [3.05, 3.63) is 21.9 Å². The average molecular weight is 251 g/mol. The molecule has 2 fully saturated rings. The molecule has 3 rings (SSSR count). The number of rotatable bonds is 1. The molecule has 1 aromatic heterocycles. The van der Waals surface area contributed by atoms with Crippen molar-refractivity contribution in [1.29, 1.82) is 0 Å². The lowest BCUT2D eigenvalue weighted by Gasteiger charge is -2.44. The molecule has 0 radical (unpaired) electrons. The van der Waals surface area contributed by atoms with E-state index in [1.807, 2.05) is 11.3 Å². The Kier molecular flexibility index (Phi) is 3.24. The van der Waals surface area contributed by atoms with Crippen LogP contribution in [0.15, 0.2) is 12.1 Å². The van der Waals surface area contributed by atoms with Crippen LogP contribution in [0.1, 0.15) is 48.0 Å². The average Bonchev–Trinajstić information content (AvgIpc) is 2.77. The first-order chi connectivity index (χ1) is 8.27. The van der Waals surface area contributed by atoms with Gasteiger partial charge < -0.3 is 10.1 Å². The van der Waals surface area contributed by atoms with Crippen molar-refractivity contribution < 1.29 is 4.74 Å². The van der Waals surface area contributed by atoms with Crippen molar-refractivity contribution >= 4 is 11.3 Å². The Morgan fingerprint density at radius 2 is 2.12 bits per heavy atom. The van der Waals surface area contributed by atoms with Gasteiger partial charge in [-0.15, -0.1) is 11.3 Å². The summed E-state index contributed by atoms with van der Waals surface area (Å²) in [5, 5.41) is 3.58. The Balaban J connectivity index is 1.74. The lowest BCUT2D eigenvalue weighted by atomic mass is 9.83. The van der Waals surface area contributed by atoms with Crippen LogP contribution in [0.5, 0.6) is 0 Å². The molecule has 1 saturated heterocycles. The molecule has 1 saturated carbocycles. The van der Waals surface area contributed by atoms with Crippen LogP contribution in [0, 0.1) is 6.92 Å². The molecule has 1 atom stereocenters. The summed E-state index contributed by atoms with van der Waals surface area (Å²) in [4.78, 5) is 2.77. The molecule has 1 aromatic rings. The minimum Gasteiger partial charge on any atom is -0.364 e. The highest BCUT2D eigenvalue weighted by atomic mass is 32.1. The van der Waals surface area contributed by atoms with E-state index in [1.165, 1.54) is 41.9 Å². The maximum atomic E-state index is 6.46. The van der Waals surface area contributed by atoms with Crippen molar-refractivity contribution in [2.75, 3.05) is 13.1 Å². The van der Waals surface area contributed by atoms with Crippen molar-refractivity contribution in [2.45, 2.75) is 50.7 Å². The molecule has 1 aliphatic carbocycles. The van der Waals surface area contributed by atoms with Crippen LogP contribution in [0.25, 0.3) is 0 Å². The van der Waals surface area contributed by atoms with E-state index in [2.05, 4.69) is 24.4 Å². The molecule has 0 amide bonds. The molecule has 1 unspecified atom stereocenters. The largest absolute Gasteiger partial charge is 0.364 e. The van der Waals surface area contributed by atoms with E-state index < -0.39 is 0 Å². The molecule has 3 heteroatoms. The maximum Gasteiger partial charge on any atom is 0.105 e. The molecular weight excluding hydrogens is 230 g/mol. The molecule has 2 nitrogen and oxygen atoms in total.